The van der Waals surface area contributed by atoms with E-state index in [0.29, 0.717) is 0 Å². The molecule has 0 aromatic carbocycles. The first-order valence-corrected chi connectivity index (χ1v) is 8.09. The maximum Gasteiger partial charge on any atom is 0.155 e. The van der Waals surface area contributed by atoms with Crippen LogP contribution in [0.3, 0.4) is 0 Å². The molecule has 0 bridgehead atoms. The first-order chi connectivity index (χ1) is 11.2. The number of benzene rings is 1. The molecule has 5 rings (SSSR count). The van der Waals surface area contributed by atoms with Crippen LogP contribution >= 0.6 is 11.3 Å². The third-order valence-electron chi connectivity index (χ3n) is 3.64. The molecule has 0 N–H and O–H groups in total. The predicted molar refractivity (Wildman–Crippen MR) is 94.4 cm³/mol. The fourth-order valence-electron chi connectivity index (χ4n) is 2.47. The molecule has 2 aliphatic rings. The van der Waals surface area contributed by atoms with Crippen LogP contribution in [0.1, 0.15) is 11.1 Å². The highest BCUT2D eigenvalue weighted by Crippen LogP contribution is 2.35. The van der Waals surface area contributed by atoms with E-state index in [0.717, 1.165) is 21.8 Å². The van der Waals surface area contributed by atoms with Gasteiger partial charge in [0.05, 0.1) is 16.8 Å². The van der Waals surface area contributed by atoms with Gasteiger partial charge in [0.2, 0.25) is 0 Å². The Morgan fingerprint density at radius 1 is 1.13 bits per heavy atom. The lowest BCUT2D eigenvalue weighted by Gasteiger charge is -1.99. The molecule has 3 aromatic heterocycles. The minimum absolute atomic E-state index is 0.828. The van der Waals surface area contributed by atoms with Crippen molar-refractivity contribution >= 4 is 17.0 Å². The molecule has 23 heavy (non-hydrogen) atoms. The summed E-state index contributed by atoms with van der Waals surface area (Å²) in [7, 11) is 0. The van der Waals surface area contributed by atoms with E-state index in [1.807, 2.05) is 29.8 Å². The highest BCUT2D eigenvalue weighted by atomic mass is 32.1. The number of thiophene rings is 1. The van der Waals surface area contributed by atoms with E-state index in [1.165, 1.54) is 16.7 Å². The molecule has 0 unspecified atom stereocenters. The molecule has 0 aliphatic heterocycles. The normalized spacial score (nSPS) is 10.8. The standard InChI is InChI=1S/C12H7N3S.C7H6/c1-2-9-5-8-16-12(9)10-4-7-15-11(14-10)3-6-13-15;1-5-2-6-4-7(6)3-5/h1,3-8H;2-4H,1H3. The second-order valence-electron chi connectivity index (χ2n) is 5.34. The van der Waals surface area contributed by atoms with Crippen molar-refractivity contribution in [3.05, 3.63) is 65.3 Å². The van der Waals surface area contributed by atoms with Crippen LogP contribution < -0.4 is 0 Å². The molecule has 110 valence electrons. The van der Waals surface area contributed by atoms with Crippen LogP contribution in [-0.2, 0) is 0 Å². The van der Waals surface area contributed by atoms with Crippen LogP contribution in [0.15, 0.2) is 54.2 Å². The van der Waals surface area contributed by atoms with Gasteiger partial charge in [-0.2, -0.15) is 5.10 Å². The second kappa shape index (κ2) is 5.38. The zero-order valence-corrected chi connectivity index (χ0v) is 13.3. The lowest BCUT2D eigenvalue weighted by atomic mass is 10.2. The van der Waals surface area contributed by atoms with Crippen LogP contribution in [0.5, 0.6) is 0 Å². The summed E-state index contributed by atoms with van der Waals surface area (Å²) in [6, 6.07) is 12.3. The molecule has 0 saturated carbocycles. The Morgan fingerprint density at radius 2 is 1.96 bits per heavy atom. The molecular formula is C19H13N3S. The topological polar surface area (TPSA) is 30.2 Å². The Labute approximate surface area is 138 Å². The fraction of sp³-hybridized carbons (Fsp3) is 0.0526. The number of terminal acetylenes is 1. The van der Waals surface area contributed by atoms with Crippen molar-refractivity contribution in [2.75, 3.05) is 0 Å². The van der Waals surface area contributed by atoms with E-state index < -0.39 is 0 Å². The van der Waals surface area contributed by atoms with Gasteiger partial charge in [0.25, 0.3) is 0 Å². The number of hydrogen-bond acceptors (Lipinski definition) is 3. The van der Waals surface area contributed by atoms with Crippen LogP contribution in [0, 0.1) is 19.3 Å². The van der Waals surface area contributed by atoms with Crippen molar-refractivity contribution in [3.63, 3.8) is 0 Å². The zero-order chi connectivity index (χ0) is 15.8. The zero-order valence-electron chi connectivity index (χ0n) is 12.5. The van der Waals surface area contributed by atoms with Gasteiger partial charge in [-0.05, 0) is 47.2 Å². The second-order valence-corrected chi connectivity index (χ2v) is 6.26. The average Bonchev–Trinajstić information content (AvgIpc) is 3.00. The summed E-state index contributed by atoms with van der Waals surface area (Å²) in [5.41, 5.74) is 6.90. The summed E-state index contributed by atoms with van der Waals surface area (Å²) in [5, 5.41) is 6.08. The Kier molecular flexibility index (Phi) is 3.22. The number of rotatable bonds is 1. The highest BCUT2D eigenvalue weighted by Gasteiger charge is 2.10. The van der Waals surface area contributed by atoms with E-state index in [9.17, 15) is 0 Å². The van der Waals surface area contributed by atoms with E-state index >= 15 is 0 Å². The molecule has 0 saturated heterocycles. The quantitative estimate of drug-likeness (QED) is 0.429. The fourth-order valence-corrected chi connectivity index (χ4v) is 3.30. The van der Waals surface area contributed by atoms with Crippen molar-refractivity contribution in [3.8, 4) is 34.0 Å². The number of fused-ring (bicyclic) bond motifs is 2. The molecule has 2 aliphatic carbocycles. The molecule has 3 nitrogen and oxygen atoms in total. The maximum absolute atomic E-state index is 5.44. The van der Waals surface area contributed by atoms with Gasteiger partial charge in [-0.25, -0.2) is 9.50 Å². The minimum Gasteiger partial charge on any atom is -0.228 e. The van der Waals surface area contributed by atoms with Crippen LogP contribution in [0.2, 0.25) is 0 Å². The Balaban J connectivity index is 0.000000160. The van der Waals surface area contributed by atoms with Crippen LogP contribution in [-0.4, -0.2) is 14.6 Å². The monoisotopic (exact) mass is 315 g/mol. The summed E-state index contributed by atoms with van der Waals surface area (Å²) in [5.74, 6) is 2.66. The molecule has 0 spiro atoms. The van der Waals surface area contributed by atoms with E-state index in [2.05, 4.69) is 41.1 Å². The summed E-state index contributed by atoms with van der Waals surface area (Å²) in [4.78, 5) is 5.54. The largest absolute Gasteiger partial charge is 0.228 e. The number of aryl methyl sites for hydroxylation is 1. The molecule has 0 atom stereocenters. The molecular weight excluding hydrogens is 302 g/mol. The SMILES string of the molecule is C#Cc1ccsc1-c1ccn2nccc2n1.Cc1cc2cc-2c1. The third-order valence-corrected chi connectivity index (χ3v) is 4.58. The van der Waals surface area contributed by atoms with Gasteiger partial charge >= 0.3 is 0 Å². The minimum atomic E-state index is 0.828. The molecule has 0 amide bonds. The van der Waals surface area contributed by atoms with Crippen molar-refractivity contribution in [1.29, 1.82) is 0 Å². The Hall–Kier alpha value is -2.90. The van der Waals surface area contributed by atoms with Gasteiger partial charge in [-0.15, -0.1) is 17.8 Å². The summed E-state index contributed by atoms with van der Waals surface area (Å²) >= 11 is 1.60. The van der Waals surface area contributed by atoms with E-state index in [4.69, 9.17) is 6.42 Å². The maximum atomic E-state index is 5.44. The molecule has 0 radical (unpaired) electrons. The summed E-state index contributed by atoms with van der Waals surface area (Å²) < 4.78 is 1.73. The molecule has 3 heterocycles. The predicted octanol–water partition coefficient (Wildman–Crippen LogP) is 4.41. The lowest BCUT2D eigenvalue weighted by Crippen LogP contribution is -1.91. The first kappa shape index (κ1) is 13.7. The van der Waals surface area contributed by atoms with Gasteiger partial charge in [0, 0.05) is 17.8 Å². The summed E-state index contributed by atoms with van der Waals surface area (Å²) in [6.07, 6.45) is 9.05. The lowest BCUT2D eigenvalue weighted by molar-refractivity contribution is 0.941. The number of nitrogens with zero attached hydrogens (tertiary/aromatic N) is 3. The number of hydrogen-bond donors (Lipinski definition) is 0. The smallest absolute Gasteiger partial charge is 0.155 e. The van der Waals surface area contributed by atoms with E-state index in [-0.39, 0.29) is 0 Å². The molecule has 3 aromatic rings. The third kappa shape index (κ3) is 2.63. The first-order valence-electron chi connectivity index (χ1n) is 7.21. The van der Waals surface area contributed by atoms with Crippen LogP contribution in [0.4, 0.5) is 0 Å². The van der Waals surface area contributed by atoms with Crippen molar-refractivity contribution in [1.82, 2.24) is 14.6 Å². The molecule has 0 fully saturated rings. The molecule has 4 heteroatoms. The van der Waals surface area contributed by atoms with Gasteiger partial charge in [-0.1, -0.05) is 18.1 Å². The summed E-state index contributed by atoms with van der Waals surface area (Å²) in [6.45, 7) is 2.12. The Morgan fingerprint density at radius 3 is 2.65 bits per heavy atom. The number of aromatic nitrogens is 3. The van der Waals surface area contributed by atoms with Gasteiger partial charge in [-0.3, -0.25) is 0 Å². The highest BCUT2D eigenvalue weighted by molar-refractivity contribution is 7.13. The van der Waals surface area contributed by atoms with Gasteiger partial charge in [0.15, 0.2) is 5.65 Å². The Bertz CT molecular complexity index is 1030. The van der Waals surface area contributed by atoms with Crippen molar-refractivity contribution in [2.24, 2.45) is 0 Å². The van der Waals surface area contributed by atoms with Gasteiger partial charge in [0.1, 0.15) is 0 Å². The van der Waals surface area contributed by atoms with Crippen LogP contribution in [0.25, 0.3) is 27.3 Å². The van der Waals surface area contributed by atoms with Crippen molar-refractivity contribution in [2.45, 2.75) is 6.92 Å². The van der Waals surface area contributed by atoms with Gasteiger partial charge < -0.3 is 0 Å². The average molecular weight is 315 g/mol. The van der Waals surface area contributed by atoms with E-state index in [1.54, 1.807) is 22.0 Å². The van der Waals surface area contributed by atoms with Crippen molar-refractivity contribution < 1.29 is 0 Å².